The van der Waals surface area contributed by atoms with Crippen molar-refractivity contribution < 1.29 is 0 Å². The van der Waals surface area contributed by atoms with Gasteiger partial charge in [-0.05, 0) is 31.2 Å². The molecule has 3 rings (SSSR count). The Bertz CT molecular complexity index is 722. The summed E-state index contributed by atoms with van der Waals surface area (Å²) in [6.07, 6.45) is 1.70. The number of aromatic nitrogens is 3. The van der Waals surface area contributed by atoms with Crippen LogP contribution in [0.2, 0.25) is 0 Å². The standard InChI is InChI=1S/C13H13N5S/c1-8-16-10-6-9(2-3-11(10)19-8)17-12-4-5-15-13(7-14)18-12/h2-6H,7,14H2,1H3,(H,15,17,18). The van der Waals surface area contributed by atoms with E-state index in [9.17, 15) is 0 Å². The monoisotopic (exact) mass is 271 g/mol. The number of aryl methyl sites for hydroxylation is 1. The minimum atomic E-state index is 0.333. The number of thiazole rings is 1. The van der Waals surface area contributed by atoms with Crippen molar-refractivity contribution >= 4 is 33.1 Å². The molecule has 0 spiro atoms. The number of nitrogens with two attached hydrogens (primary N) is 1. The number of hydrogen-bond donors (Lipinski definition) is 2. The average Bonchev–Trinajstić information content (AvgIpc) is 2.78. The topological polar surface area (TPSA) is 76.7 Å². The van der Waals surface area contributed by atoms with Gasteiger partial charge in [0.05, 0.1) is 21.8 Å². The molecule has 0 aliphatic heterocycles. The normalized spacial score (nSPS) is 10.8. The molecule has 0 aliphatic carbocycles. The minimum absolute atomic E-state index is 0.333. The zero-order valence-electron chi connectivity index (χ0n) is 10.4. The molecule has 96 valence electrons. The Morgan fingerprint density at radius 3 is 3.00 bits per heavy atom. The lowest BCUT2D eigenvalue weighted by Crippen LogP contribution is -2.04. The van der Waals surface area contributed by atoms with Crippen molar-refractivity contribution in [2.24, 2.45) is 5.73 Å². The lowest BCUT2D eigenvalue weighted by atomic mass is 10.3. The van der Waals surface area contributed by atoms with Crippen LogP contribution in [-0.2, 0) is 6.54 Å². The van der Waals surface area contributed by atoms with Gasteiger partial charge in [-0.1, -0.05) is 0 Å². The van der Waals surface area contributed by atoms with Gasteiger partial charge in [-0.15, -0.1) is 11.3 Å². The summed E-state index contributed by atoms with van der Waals surface area (Å²) in [5, 5.41) is 4.31. The van der Waals surface area contributed by atoms with E-state index in [0.29, 0.717) is 12.4 Å². The van der Waals surface area contributed by atoms with Crippen LogP contribution in [0.15, 0.2) is 30.5 Å². The summed E-state index contributed by atoms with van der Waals surface area (Å²) < 4.78 is 1.19. The van der Waals surface area contributed by atoms with E-state index in [-0.39, 0.29) is 0 Å². The largest absolute Gasteiger partial charge is 0.340 e. The molecule has 2 heterocycles. The first-order valence-electron chi connectivity index (χ1n) is 5.91. The first-order valence-corrected chi connectivity index (χ1v) is 6.72. The molecule has 0 radical (unpaired) electrons. The zero-order chi connectivity index (χ0) is 13.2. The highest BCUT2D eigenvalue weighted by Gasteiger charge is 2.03. The average molecular weight is 271 g/mol. The molecule has 0 aliphatic rings. The van der Waals surface area contributed by atoms with Crippen LogP contribution in [-0.4, -0.2) is 15.0 Å². The molecular formula is C13H13N5S. The van der Waals surface area contributed by atoms with Crippen LogP contribution >= 0.6 is 11.3 Å². The molecule has 0 saturated carbocycles. The van der Waals surface area contributed by atoms with Crippen molar-refractivity contribution in [2.45, 2.75) is 13.5 Å². The second kappa shape index (κ2) is 4.91. The van der Waals surface area contributed by atoms with E-state index in [1.807, 2.05) is 25.1 Å². The summed E-state index contributed by atoms with van der Waals surface area (Å²) in [4.78, 5) is 12.8. The molecule has 0 unspecified atom stereocenters. The van der Waals surface area contributed by atoms with Crippen molar-refractivity contribution in [3.8, 4) is 0 Å². The van der Waals surface area contributed by atoms with Crippen LogP contribution in [0.3, 0.4) is 0 Å². The van der Waals surface area contributed by atoms with Crippen LogP contribution in [0.4, 0.5) is 11.5 Å². The first kappa shape index (κ1) is 12.0. The molecule has 0 saturated heterocycles. The third kappa shape index (κ3) is 2.54. The third-order valence-corrected chi connectivity index (χ3v) is 3.61. The van der Waals surface area contributed by atoms with Gasteiger partial charge in [-0.25, -0.2) is 15.0 Å². The number of nitrogens with zero attached hydrogens (tertiary/aromatic N) is 3. The van der Waals surface area contributed by atoms with Crippen LogP contribution in [0.5, 0.6) is 0 Å². The fourth-order valence-electron chi connectivity index (χ4n) is 1.84. The van der Waals surface area contributed by atoms with E-state index in [1.165, 1.54) is 4.70 Å². The molecule has 0 bridgehead atoms. The fraction of sp³-hybridized carbons (Fsp3) is 0.154. The summed E-state index contributed by atoms with van der Waals surface area (Å²) in [5.74, 6) is 1.36. The van der Waals surface area contributed by atoms with Crippen molar-refractivity contribution in [2.75, 3.05) is 5.32 Å². The number of rotatable bonds is 3. The van der Waals surface area contributed by atoms with Gasteiger partial charge in [-0.2, -0.15) is 0 Å². The van der Waals surface area contributed by atoms with Crippen molar-refractivity contribution in [3.63, 3.8) is 0 Å². The van der Waals surface area contributed by atoms with Gasteiger partial charge in [0.2, 0.25) is 0 Å². The Morgan fingerprint density at radius 1 is 1.26 bits per heavy atom. The highest BCUT2D eigenvalue weighted by atomic mass is 32.1. The molecule has 6 heteroatoms. The van der Waals surface area contributed by atoms with Crippen molar-refractivity contribution in [1.82, 2.24) is 15.0 Å². The number of nitrogens with one attached hydrogen (secondary N) is 1. The quantitative estimate of drug-likeness (QED) is 0.765. The maximum atomic E-state index is 5.53. The molecule has 0 fully saturated rings. The van der Waals surface area contributed by atoms with Gasteiger partial charge in [0, 0.05) is 11.9 Å². The number of benzene rings is 1. The number of hydrogen-bond acceptors (Lipinski definition) is 6. The van der Waals surface area contributed by atoms with Gasteiger partial charge < -0.3 is 11.1 Å². The molecule has 5 nitrogen and oxygen atoms in total. The predicted molar refractivity (Wildman–Crippen MR) is 77.6 cm³/mol. The zero-order valence-corrected chi connectivity index (χ0v) is 11.2. The Hall–Kier alpha value is -2.05. The van der Waals surface area contributed by atoms with Crippen LogP contribution in [0, 0.1) is 6.92 Å². The summed E-state index contributed by atoms with van der Waals surface area (Å²) in [5.41, 5.74) is 7.49. The molecule has 3 aromatic rings. The van der Waals surface area contributed by atoms with E-state index in [0.717, 1.165) is 22.0 Å². The molecule has 0 atom stereocenters. The van der Waals surface area contributed by atoms with E-state index in [4.69, 9.17) is 5.73 Å². The van der Waals surface area contributed by atoms with Crippen molar-refractivity contribution in [1.29, 1.82) is 0 Å². The molecular weight excluding hydrogens is 258 g/mol. The third-order valence-electron chi connectivity index (χ3n) is 2.65. The Morgan fingerprint density at radius 2 is 2.16 bits per heavy atom. The summed E-state index contributed by atoms with van der Waals surface area (Å²) in [6, 6.07) is 7.91. The van der Waals surface area contributed by atoms with E-state index in [1.54, 1.807) is 17.5 Å². The maximum Gasteiger partial charge on any atom is 0.144 e. The number of fused-ring (bicyclic) bond motifs is 1. The van der Waals surface area contributed by atoms with Gasteiger partial charge in [0.25, 0.3) is 0 Å². The molecule has 2 aromatic heterocycles. The lowest BCUT2D eigenvalue weighted by Gasteiger charge is -2.06. The smallest absolute Gasteiger partial charge is 0.144 e. The molecule has 19 heavy (non-hydrogen) atoms. The van der Waals surface area contributed by atoms with E-state index in [2.05, 4.69) is 26.3 Å². The minimum Gasteiger partial charge on any atom is -0.340 e. The second-order valence-corrected chi connectivity index (χ2v) is 5.34. The Kier molecular flexibility index (Phi) is 3.10. The Balaban J connectivity index is 1.91. The lowest BCUT2D eigenvalue weighted by molar-refractivity contribution is 0.912. The van der Waals surface area contributed by atoms with Gasteiger partial charge >= 0.3 is 0 Å². The summed E-state index contributed by atoms with van der Waals surface area (Å²) >= 11 is 1.69. The maximum absolute atomic E-state index is 5.53. The van der Waals surface area contributed by atoms with Crippen LogP contribution < -0.4 is 11.1 Å². The van der Waals surface area contributed by atoms with Gasteiger partial charge in [0.15, 0.2) is 0 Å². The first-order chi connectivity index (χ1) is 9.24. The van der Waals surface area contributed by atoms with E-state index >= 15 is 0 Å². The summed E-state index contributed by atoms with van der Waals surface area (Å²) in [7, 11) is 0. The van der Waals surface area contributed by atoms with Crippen LogP contribution in [0.25, 0.3) is 10.2 Å². The van der Waals surface area contributed by atoms with Gasteiger partial charge in [-0.3, -0.25) is 0 Å². The molecule has 1 aromatic carbocycles. The van der Waals surface area contributed by atoms with E-state index < -0.39 is 0 Å². The fourth-order valence-corrected chi connectivity index (χ4v) is 2.64. The number of anilines is 2. The van der Waals surface area contributed by atoms with Crippen LogP contribution in [0.1, 0.15) is 10.8 Å². The van der Waals surface area contributed by atoms with Gasteiger partial charge in [0.1, 0.15) is 11.6 Å². The SMILES string of the molecule is Cc1nc2cc(Nc3ccnc(CN)n3)ccc2s1. The molecule has 0 amide bonds. The summed E-state index contributed by atoms with van der Waals surface area (Å²) in [6.45, 7) is 2.34. The Labute approximate surface area is 114 Å². The molecule has 3 N–H and O–H groups in total. The van der Waals surface area contributed by atoms with Crippen molar-refractivity contribution in [3.05, 3.63) is 41.3 Å². The second-order valence-electron chi connectivity index (χ2n) is 4.10. The highest BCUT2D eigenvalue weighted by Crippen LogP contribution is 2.25. The highest BCUT2D eigenvalue weighted by molar-refractivity contribution is 7.18. The predicted octanol–water partition coefficient (Wildman–Crippen LogP) is 2.60.